The molecule has 2 aliphatic carbocycles. The maximum Gasteiger partial charge on any atom is 0.278 e. The van der Waals surface area contributed by atoms with E-state index in [9.17, 15) is 9.67 Å². The molecule has 1 heterocycles. The molecule has 0 amide bonds. The summed E-state index contributed by atoms with van der Waals surface area (Å²) in [5.41, 5.74) is 2.65. The molecular formula is C22H23O3P. The van der Waals surface area contributed by atoms with Gasteiger partial charge in [0.15, 0.2) is 0 Å². The first-order chi connectivity index (χ1) is 12.6. The number of aliphatic hydroxyl groups excluding tert-OH is 1. The van der Waals surface area contributed by atoms with Crippen LogP contribution in [0.1, 0.15) is 25.3 Å². The number of para-hydroxylation sites is 1. The maximum absolute atomic E-state index is 13.9. The summed E-state index contributed by atoms with van der Waals surface area (Å²) < 4.78 is 20.0. The van der Waals surface area contributed by atoms with Crippen LogP contribution >= 0.6 is 7.37 Å². The summed E-state index contributed by atoms with van der Waals surface area (Å²) in [7, 11) is -3.14. The Kier molecular flexibility index (Phi) is 4.28. The van der Waals surface area contributed by atoms with Gasteiger partial charge in [0.25, 0.3) is 7.37 Å². The molecule has 3 aliphatic rings. The molecule has 3 atom stereocenters. The molecule has 1 aromatic carbocycles. The van der Waals surface area contributed by atoms with Crippen LogP contribution in [0.5, 0.6) is 5.75 Å². The predicted octanol–water partition coefficient (Wildman–Crippen LogP) is 6.24. The minimum absolute atomic E-state index is 0.238. The fourth-order valence-corrected chi connectivity index (χ4v) is 6.46. The van der Waals surface area contributed by atoms with Gasteiger partial charge in [0.2, 0.25) is 0 Å². The fourth-order valence-electron chi connectivity index (χ4n) is 3.86. The third-order valence-corrected chi connectivity index (χ3v) is 7.89. The van der Waals surface area contributed by atoms with Gasteiger partial charge in [0, 0.05) is 16.5 Å². The largest absolute Gasteiger partial charge is 0.508 e. The van der Waals surface area contributed by atoms with Gasteiger partial charge in [0.1, 0.15) is 11.5 Å². The van der Waals surface area contributed by atoms with Crippen LogP contribution in [0.15, 0.2) is 77.9 Å². The van der Waals surface area contributed by atoms with Crippen molar-refractivity contribution in [3.05, 3.63) is 83.4 Å². The molecule has 4 heteroatoms. The number of aliphatic hydroxyl groups is 1. The molecule has 0 bridgehead atoms. The van der Waals surface area contributed by atoms with E-state index in [1.165, 1.54) is 0 Å². The van der Waals surface area contributed by atoms with Crippen LogP contribution in [0, 0.1) is 11.8 Å². The van der Waals surface area contributed by atoms with Crippen LogP contribution in [0.4, 0.5) is 0 Å². The van der Waals surface area contributed by atoms with E-state index in [4.69, 9.17) is 4.52 Å². The molecule has 1 N–H and O–H groups in total. The number of hydrogen-bond acceptors (Lipinski definition) is 3. The lowest BCUT2D eigenvalue weighted by atomic mass is 10.0. The number of benzene rings is 1. The van der Waals surface area contributed by atoms with Crippen molar-refractivity contribution in [2.24, 2.45) is 11.8 Å². The molecule has 0 saturated heterocycles. The van der Waals surface area contributed by atoms with Gasteiger partial charge >= 0.3 is 0 Å². The SMILES string of the molecule is C=C/C=C\C1=C(CC)P(=O)(CC2=C[C@@H]3CC3C=C2O)Oc2ccccc21. The van der Waals surface area contributed by atoms with Gasteiger partial charge in [-0.3, -0.25) is 4.57 Å². The second-order valence-corrected chi connectivity index (χ2v) is 9.42. The lowest BCUT2D eigenvalue weighted by Gasteiger charge is -2.31. The fraction of sp³-hybridized carbons (Fsp3) is 0.273. The second kappa shape index (κ2) is 6.48. The highest BCUT2D eigenvalue weighted by atomic mass is 31.2. The summed E-state index contributed by atoms with van der Waals surface area (Å²) in [5, 5.41) is 11.2. The van der Waals surface area contributed by atoms with Crippen LogP contribution in [0.25, 0.3) is 5.57 Å². The third kappa shape index (κ3) is 2.91. The minimum Gasteiger partial charge on any atom is -0.508 e. The molecule has 0 radical (unpaired) electrons. The van der Waals surface area contributed by atoms with E-state index < -0.39 is 7.37 Å². The number of rotatable bonds is 5. The maximum atomic E-state index is 13.9. The van der Waals surface area contributed by atoms with Gasteiger partial charge in [-0.05, 0) is 42.4 Å². The van der Waals surface area contributed by atoms with Crippen molar-refractivity contribution in [1.82, 2.24) is 0 Å². The predicted molar refractivity (Wildman–Crippen MR) is 106 cm³/mol. The first-order valence-corrected chi connectivity index (χ1v) is 10.9. The third-order valence-electron chi connectivity index (χ3n) is 5.26. The smallest absolute Gasteiger partial charge is 0.278 e. The van der Waals surface area contributed by atoms with E-state index in [-0.39, 0.29) is 11.9 Å². The Morgan fingerprint density at radius 2 is 2.08 bits per heavy atom. The molecule has 2 unspecified atom stereocenters. The van der Waals surface area contributed by atoms with Gasteiger partial charge in [-0.1, -0.05) is 56.0 Å². The quantitative estimate of drug-likeness (QED) is 0.496. The van der Waals surface area contributed by atoms with Crippen LogP contribution < -0.4 is 4.52 Å². The Morgan fingerprint density at radius 1 is 1.31 bits per heavy atom. The normalized spacial score (nSPS) is 29.4. The van der Waals surface area contributed by atoms with Gasteiger partial charge in [-0.25, -0.2) is 0 Å². The van der Waals surface area contributed by atoms with E-state index in [0.29, 0.717) is 24.0 Å². The monoisotopic (exact) mass is 366 g/mol. The Labute approximate surface area is 154 Å². The highest BCUT2D eigenvalue weighted by molar-refractivity contribution is 7.64. The van der Waals surface area contributed by atoms with Gasteiger partial charge < -0.3 is 9.63 Å². The van der Waals surface area contributed by atoms with Crippen molar-refractivity contribution >= 4 is 12.9 Å². The topological polar surface area (TPSA) is 46.5 Å². The Bertz CT molecular complexity index is 932. The van der Waals surface area contributed by atoms with Crippen LogP contribution in [0.3, 0.4) is 0 Å². The second-order valence-electron chi connectivity index (χ2n) is 7.03. The molecule has 1 aromatic rings. The zero-order chi connectivity index (χ0) is 18.3. The van der Waals surface area contributed by atoms with Crippen molar-refractivity contribution in [2.45, 2.75) is 19.8 Å². The molecule has 1 saturated carbocycles. The highest BCUT2D eigenvalue weighted by Gasteiger charge is 2.42. The minimum atomic E-state index is -3.14. The van der Waals surface area contributed by atoms with E-state index in [2.05, 4.69) is 12.7 Å². The number of fused-ring (bicyclic) bond motifs is 2. The van der Waals surface area contributed by atoms with Crippen molar-refractivity contribution in [3.8, 4) is 5.75 Å². The first kappa shape index (κ1) is 17.2. The molecule has 0 spiro atoms. The summed E-state index contributed by atoms with van der Waals surface area (Å²) in [4.78, 5) is 0. The van der Waals surface area contributed by atoms with Crippen molar-refractivity contribution in [2.75, 3.05) is 6.16 Å². The van der Waals surface area contributed by atoms with Crippen LogP contribution in [-0.2, 0) is 4.57 Å². The lowest BCUT2D eigenvalue weighted by Crippen LogP contribution is -2.12. The van der Waals surface area contributed by atoms with Crippen molar-refractivity contribution in [3.63, 3.8) is 0 Å². The van der Waals surface area contributed by atoms with Gasteiger partial charge in [-0.2, -0.15) is 0 Å². The Balaban J connectivity index is 1.80. The number of hydrogen-bond donors (Lipinski definition) is 1. The summed E-state index contributed by atoms with van der Waals surface area (Å²) in [6, 6.07) is 7.70. The summed E-state index contributed by atoms with van der Waals surface area (Å²) in [6.45, 7) is 5.75. The van der Waals surface area contributed by atoms with E-state index in [1.807, 2.05) is 49.4 Å². The molecule has 4 rings (SSSR count). The van der Waals surface area contributed by atoms with E-state index >= 15 is 0 Å². The van der Waals surface area contributed by atoms with Gasteiger partial charge in [0.05, 0.1) is 6.16 Å². The molecule has 134 valence electrons. The van der Waals surface area contributed by atoms with E-state index in [1.54, 1.807) is 6.08 Å². The van der Waals surface area contributed by atoms with Crippen LogP contribution in [-0.4, -0.2) is 11.3 Å². The molecule has 3 nitrogen and oxygen atoms in total. The van der Waals surface area contributed by atoms with E-state index in [0.717, 1.165) is 28.4 Å². The lowest BCUT2D eigenvalue weighted by molar-refractivity contribution is 0.414. The summed E-state index contributed by atoms with van der Waals surface area (Å²) >= 11 is 0. The van der Waals surface area contributed by atoms with Crippen molar-refractivity contribution in [1.29, 1.82) is 0 Å². The molecule has 1 aliphatic heterocycles. The van der Waals surface area contributed by atoms with Gasteiger partial charge in [-0.15, -0.1) is 0 Å². The zero-order valence-corrected chi connectivity index (χ0v) is 15.8. The highest BCUT2D eigenvalue weighted by Crippen LogP contribution is 2.64. The Morgan fingerprint density at radius 3 is 2.85 bits per heavy atom. The average molecular weight is 366 g/mol. The molecule has 1 fully saturated rings. The molecule has 26 heavy (non-hydrogen) atoms. The van der Waals surface area contributed by atoms with Crippen molar-refractivity contribution < 1.29 is 14.2 Å². The summed E-state index contributed by atoms with van der Waals surface area (Å²) in [5.74, 6) is 1.85. The van der Waals surface area contributed by atoms with Crippen LogP contribution in [0.2, 0.25) is 0 Å². The average Bonchev–Trinajstić information content (AvgIpc) is 3.37. The zero-order valence-electron chi connectivity index (χ0n) is 14.9. The number of allylic oxidation sites excluding steroid dienone is 8. The summed E-state index contributed by atoms with van der Waals surface area (Å²) in [6.07, 6.45) is 11.5. The molecular weight excluding hydrogens is 343 g/mol. The Hall–Kier alpha value is -2.25. The first-order valence-electron chi connectivity index (χ1n) is 9.08. The standard InChI is InChI=1S/C22H23O3P/c1-3-5-8-19-18-9-6-7-10-21(18)25-26(24,22(19)4-2)14-17-12-15-11-16(15)13-20(17)23/h3,5-10,12-13,15-16,23H,1,4,11,14H2,2H3/b8-5-/t15-,16?,26?/m0/s1. The molecule has 0 aromatic heterocycles.